The molecule has 3 heteroatoms. The molecular formula is C9H18O2Si. The summed E-state index contributed by atoms with van der Waals surface area (Å²) in [5.74, 6) is -0.299. The molecule has 0 aromatic carbocycles. The molecule has 0 radical (unpaired) electrons. The summed E-state index contributed by atoms with van der Waals surface area (Å²) in [4.78, 5) is 10.6. The highest BCUT2D eigenvalue weighted by Gasteiger charge is 1.94. The van der Waals surface area contributed by atoms with E-state index in [0.717, 1.165) is 6.42 Å². The predicted molar refractivity (Wildman–Crippen MR) is 54.2 cm³/mol. The van der Waals surface area contributed by atoms with Crippen LogP contribution in [0.15, 0.2) is 12.7 Å². The van der Waals surface area contributed by atoms with E-state index in [-0.39, 0.29) is 15.5 Å². The Kier molecular flexibility index (Phi) is 8.12. The largest absolute Gasteiger partial charge is 0.463 e. The Morgan fingerprint density at radius 1 is 1.58 bits per heavy atom. The van der Waals surface area contributed by atoms with Gasteiger partial charge in [-0.05, 0) is 6.42 Å². The Bertz CT molecular complexity index is 134. The summed E-state index contributed by atoms with van der Waals surface area (Å²) >= 11 is 0. The van der Waals surface area contributed by atoms with Crippen molar-refractivity contribution in [2.24, 2.45) is 0 Å². The molecule has 0 fully saturated rings. The van der Waals surface area contributed by atoms with Crippen LogP contribution in [0.2, 0.25) is 12.1 Å². The molecule has 0 bridgehead atoms. The highest BCUT2D eigenvalue weighted by Crippen LogP contribution is 1.95. The van der Waals surface area contributed by atoms with Gasteiger partial charge in [0.05, 0.1) is 6.61 Å². The highest BCUT2D eigenvalue weighted by atomic mass is 28.2. The average Bonchev–Trinajstić information content (AvgIpc) is 2.10. The molecule has 0 saturated heterocycles. The highest BCUT2D eigenvalue weighted by molar-refractivity contribution is 6.35. The standard InChI is InChI=1S/C9H18O2Si/c1-3-7-12-8-5-6-11-9(10)4-2/h4H,2-3,5-8,12H2,1H3. The minimum Gasteiger partial charge on any atom is -0.463 e. The maximum Gasteiger partial charge on any atom is 0.330 e. The Balaban J connectivity index is 3.00. The van der Waals surface area contributed by atoms with Gasteiger partial charge in [0, 0.05) is 15.6 Å². The van der Waals surface area contributed by atoms with Crippen LogP contribution in [-0.2, 0) is 9.53 Å². The fourth-order valence-corrected chi connectivity index (χ4v) is 2.35. The molecule has 0 aromatic rings. The molecule has 0 heterocycles. The summed E-state index contributed by atoms with van der Waals surface area (Å²) in [6, 6.07) is 2.70. The number of rotatable bonds is 7. The smallest absolute Gasteiger partial charge is 0.330 e. The SMILES string of the molecule is C=CC(=O)OCCC[SiH2]CCC. The van der Waals surface area contributed by atoms with Crippen molar-refractivity contribution in [3.05, 3.63) is 12.7 Å². The molecule has 0 saturated carbocycles. The van der Waals surface area contributed by atoms with Crippen molar-refractivity contribution in [1.82, 2.24) is 0 Å². The van der Waals surface area contributed by atoms with Crippen molar-refractivity contribution < 1.29 is 9.53 Å². The quantitative estimate of drug-likeness (QED) is 0.261. The second-order valence-electron chi connectivity index (χ2n) is 2.79. The van der Waals surface area contributed by atoms with Crippen LogP contribution in [-0.4, -0.2) is 22.1 Å². The lowest BCUT2D eigenvalue weighted by Crippen LogP contribution is -2.02. The van der Waals surface area contributed by atoms with Gasteiger partial charge in [-0.25, -0.2) is 4.79 Å². The molecule has 2 nitrogen and oxygen atoms in total. The Labute approximate surface area is 76.8 Å². The van der Waals surface area contributed by atoms with E-state index in [1.54, 1.807) is 0 Å². The van der Waals surface area contributed by atoms with Gasteiger partial charge in [0.1, 0.15) is 0 Å². The van der Waals surface area contributed by atoms with Gasteiger partial charge in [-0.1, -0.05) is 32.0 Å². The lowest BCUT2D eigenvalue weighted by molar-refractivity contribution is -0.137. The predicted octanol–water partition coefficient (Wildman–Crippen LogP) is 1.52. The number of ether oxygens (including phenoxy) is 1. The van der Waals surface area contributed by atoms with Crippen LogP contribution in [0.5, 0.6) is 0 Å². The summed E-state index contributed by atoms with van der Waals surface area (Å²) in [6.45, 7) is 6.11. The molecular weight excluding hydrogens is 168 g/mol. The van der Waals surface area contributed by atoms with Crippen molar-refractivity contribution in [2.45, 2.75) is 31.9 Å². The van der Waals surface area contributed by atoms with Crippen molar-refractivity contribution in [3.63, 3.8) is 0 Å². The first-order valence-electron chi connectivity index (χ1n) is 4.60. The molecule has 0 aromatic heterocycles. The van der Waals surface area contributed by atoms with Crippen LogP contribution in [0.1, 0.15) is 19.8 Å². The normalized spacial score (nSPS) is 10.4. The monoisotopic (exact) mass is 186 g/mol. The summed E-state index contributed by atoms with van der Waals surface area (Å²) in [5.41, 5.74) is 0. The Morgan fingerprint density at radius 2 is 2.33 bits per heavy atom. The molecule has 0 spiro atoms. The fourth-order valence-electron chi connectivity index (χ4n) is 0.937. The first-order valence-corrected chi connectivity index (χ1v) is 6.60. The zero-order valence-corrected chi connectivity index (χ0v) is 9.26. The van der Waals surface area contributed by atoms with Gasteiger partial charge in [-0.2, -0.15) is 0 Å². The van der Waals surface area contributed by atoms with E-state index in [1.807, 2.05) is 0 Å². The van der Waals surface area contributed by atoms with E-state index >= 15 is 0 Å². The molecule has 0 atom stereocenters. The van der Waals surface area contributed by atoms with E-state index in [9.17, 15) is 4.79 Å². The van der Waals surface area contributed by atoms with Crippen molar-refractivity contribution >= 4 is 15.5 Å². The molecule has 70 valence electrons. The second kappa shape index (κ2) is 8.52. The third kappa shape index (κ3) is 7.53. The van der Waals surface area contributed by atoms with E-state index in [1.165, 1.54) is 24.6 Å². The Morgan fingerprint density at radius 3 is 2.92 bits per heavy atom. The maximum atomic E-state index is 10.6. The lowest BCUT2D eigenvalue weighted by atomic mass is 10.5. The van der Waals surface area contributed by atoms with E-state index in [0.29, 0.717) is 6.61 Å². The summed E-state index contributed by atoms with van der Waals surface area (Å²) in [6.07, 6.45) is 3.55. The minimum atomic E-state index is -0.299. The van der Waals surface area contributed by atoms with Crippen molar-refractivity contribution in [1.29, 1.82) is 0 Å². The van der Waals surface area contributed by atoms with Gasteiger partial charge in [-0.15, -0.1) is 0 Å². The summed E-state index contributed by atoms with van der Waals surface area (Å²) in [7, 11) is 0.143. The van der Waals surface area contributed by atoms with E-state index in [2.05, 4.69) is 13.5 Å². The first kappa shape index (κ1) is 11.4. The van der Waals surface area contributed by atoms with Crippen LogP contribution < -0.4 is 0 Å². The number of hydrogen-bond acceptors (Lipinski definition) is 2. The minimum absolute atomic E-state index is 0.143. The lowest BCUT2D eigenvalue weighted by Gasteiger charge is -2.00. The van der Waals surface area contributed by atoms with E-state index < -0.39 is 0 Å². The van der Waals surface area contributed by atoms with Crippen molar-refractivity contribution in [2.75, 3.05) is 6.61 Å². The zero-order chi connectivity index (χ0) is 9.23. The van der Waals surface area contributed by atoms with Crippen LogP contribution in [0.25, 0.3) is 0 Å². The molecule has 0 aliphatic carbocycles. The number of carbonyl (C=O) groups excluding carboxylic acids is 1. The zero-order valence-electron chi connectivity index (χ0n) is 7.84. The average molecular weight is 186 g/mol. The molecule has 0 aliphatic heterocycles. The Hall–Kier alpha value is -0.573. The van der Waals surface area contributed by atoms with Crippen LogP contribution >= 0.6 is 0 Å². The molecule has 0 rings (SSSR count). The third-order valence-corrected chi connectivity index (χ3v) is 3.87. The summed E-state index contributed by atoms with van der Waals surface area (Å²) < 4.78 is 4.84. The number of hydrogen-bond donors (Lipinski definition) is 0. The van der Waals surface area contributed by atoms with Gasteiger partial charge in [0.2, 0.25) is 0 Å². The second-order valence-corrected chi connectivity index (χ2v) is 4.91. The molecule has 12 heavy (non-hydrogen) atoms. The van der Waals surface area contributed by atoms with Gasteiger partial charge >= 0.3 is 5.97 Å². The number of esters is 1. The van der Waals surface area contributed by atoms with Gasteiger partial charge in [-0.3, -0.25) is 0 Å². The third-order valence-electron chi connectivity index (χ3n) is 1.66. The molecule has 0 amide bonds. The van der Waals surface area contributed by atoms with Gasteiger partial charge in [0.25, 0.3) is 0 Å². The van der Waals surface area contributed by atoms with Crippen LogP contribution in [0, 0.1) is 0 Å². The summed E-state index contributed by atoms with van der Waals surface area (Å²) in [5, 5.41) is 0. The molecule has 0 N–H and O–H groups in total. The van der Waals surface area contributed by atoms with Crippen LogP contribution in [0.4, 0.5) is 0 Å². The van der Waals surface area contributed by atoms with Crippen LogP contribution in [0.3, 0.4) is 0 Å². The topological polar surface area (TPSA) is 26.3 Å². The van der Waals surface area contributed by atoms with E-state index in [4.69, 9.17) is 4.74 Å². The molecule has 0 aliphatic rings. The number of carbonyl (C=O) groups is 1. The maximum absolute atomic E-state index is 10.6. The van der Waals surface area contributed by atoms with Gasteiger partial charge in [0.15, 0.2) is 0 Å². The first-order chi connectivity index (χ1) is 5.81. The molecule has 0 unspecified atom stereocenters. The van der Waals surface area contributed by atoms with Crippen molar-refractivity contribution in [3.8, 4) is 0 Å². The van der Waals surface area contributed by atoms with Gasteiger partial charge < -0.3 is 4.74 Å². The fraction of sp³-hybridized carbons (Fsp3) is 0.667.